The van der Waals surface area contributed by atoms with Gasteiger partial charge in [0.15, 0.2) is 0 Å². The van der Waals surface area contributed by atoms with Crippen molar-refractivity contribution in [3.8, 4) is 11.4 Å². The van der Waals surface area contributed by atoms with E-state index >= 15 is 0 Å². The number of H-pyrrole nitrogens is 1. The summed E-state index contributed by atoms with van der Waals surface area (Å²) in [6.45, 7) is 2.73. The van der Waals surface area contributed by atoms with Gasteiger partial charge in [-0.05, 0) is 25.1 Å². The minimum absolute atomic E-state index is 0.191. The highest BCUT2D eigenvalue weighted by atomic mass is 16.2. The summed E-state index contributed by atoms with van der Waals surface area (Å²) < 4.78 is 0. The summed E-state index contributed by atoms with van der Waals surface area (Å²) in [7, 11) is 3.75. The third-order valence-corrected chi connectivity index (χ3v) is 6.44. The molecule has 5 heterocycles. The number of fused-ring (bicyclic) bond motifs is 1. The quantitative estimate of drug-likeness (QED) is 0.327. The minimum atomic E-state index is -0.617. The van der Waals surface area contributed by atoms with Gasteiger partial charge in [0.05, 0.1) is 23.5 Å². The smallest absolute Gasteiger partial charge is 0.295 e. The Balaban J connectivity index is 1.34. The molecule has 0 aliphatic carbocycles. The number of aromatic nitrogens is 5. The van der Waals surface area contributed by atoms with Crippen LogP contribution in [0.25, 0.3) is 22.3 Å². The number of anilines is 1. The topological polar surface area (TPSA) is 128 Å². The molecule has 5 rings (SSSR count). The van der Waals surface area contributed by atoms with E-state index in [1.54, 1.807) is 54.0 Å². The summed E-state index contributed by atoms with van der Waals surface area (Å²) in [6, 6.07) is 6.54. The summed E-state index contributed by atoms with van der Waals surface area (Å²) in [4.78, 5) is 64.8. The summed E-state index contributed by atoms with van der Waals surface area (Å²) in [5, 5.41) is 0.582. The predicted molar refractivity (Wildman–Crippen MR) is 137 cm³/mol. The van der Waals surface area contributed by atoms with Crippen molar-refractivity contribution in [2.24, 2.45) is 0 Å². The number of rotatable bonds is 5. The molecule has 1 fully saturated rings. The van der Waals surface area contributed by atoms with Crippen molar-refractivity contribution in [1.29, 1.82) is 0 Å². The van der Waals surface area contributed by atoms with E-state index < -0.39 is 11.7 Å². The molecule has 4 aromatic rings. The molecule has 0 saturated carbocycles. The molecular formula is C26H26N8O3. The van der Waals surface area contributed by atoms with Crippen LogP contribution in [-0.4, -0.2) is 92.1 Å². The van der Waals surface area contributed by atoms with Crippen molar-refractivity contribution in [3.63, 3.8) is 0 Å². The molecule has 11 heteroatoms. The van der Waals surface area contributed by atoms with E-state index in [4.69, 9.17) is 0 Å². The lowest BCUT2D eigenvalue weighted by Gasteiger charge is -2.39. The first-order valence-corrected chi connectivity index (χ1v) is 11.9. The number of nitrogens with zero attached hydrogens (tertiary/aromatic N) is 7. The first-order chi connectivity index (χ1) is 17.8. The van der Waals surface area contributed by atoms with Gasteiger partial charge in [0, 0.05) is 63.7 Å². The predicted octanol–water partition coefficient (Wildman–Crippen LogP) is 2.04. The largest absolute Gasteiger partial charge is 0.361 e. The molecule has 4 aromatic heterocycles. The highest BCUT2D eigenvalue weighted by molar-refractivity contribution is 6.45. The van der Waals surface area contributed by atoms with Crippen molar-refractivity contribution >= 4 is 34.3 Å². The summed E-state index contributed by atoms with van der Waals surface area (Å²) in [5.41, 5.74) is 2.31. The molecule has 1 saturated heterocycles. The Kier molecular flexibility index (Phi) is 6.34. The number of Topliss-reactive ketones (excluding diaryl/α,β-unsaturated/α-hetero) is 1. The Morgan fingerprint density at radius 1 is 1.00 bits per heavy atom. The third kappa shape index (κ3) is 4.51. The van der Waals surface area contributed by atoms with Gasteiger partial charge in [-0.15, -0.1) is 0 Å². The van der Waals surface area contributed by atoms with Gasteiger partial charge in [0.1, 0.15) is 22.9 Å². The molecule has 1 N–H and O–H groups in total. The molecule has 188 valence electrons. The molecular weight excluding hydrogens is 472 g/mol. The monoisotopic (exact) mass is 498 g/mol. The van der Waals surface area contributed by atoms with Gasteiger partial charge >= 0.3 is 0 Å². The first-order valence-electron chi connectivity index (χ1n) is 11.9. The second-order valence-electron chi connectivity index (χ2n) is 9.08. The van der Waals surface area contributed by atoms with Gasteiger partial charge in [-0.3, -0.25) is 24.4 Å². The lowest BCUT2D eigenvalue weighted by molar-refractivity contribution is -0.130. The highest BCUT2D eigenvalue weighted by Crippen LogP contribution is 2.27. The molecule has 0 unspecified atom stereocenters. The standard InChI is InChI=1S/C26H26N8O3/c1-16-15-33(25(36)19-6-4-5-8-27-19)10-11-34(16)26(37)24(35)18-12-31-22-17(18)7-9-28-23(22)20-13-30-21(14-29-20)32(2)3/h4-9,12-14,16,31H,10-11,15H2,1-3H3/t16-/m1/s1. The number of hydrogen-bond donors (Lipinski definition) is 1. The Bertz CT molecular complexity index is 1470. The summed E-state index contributed by atoms with van der Waals surface area (Å²) in [6.07, 6.45) is 7.96. The molecule has 0 spiro atoms. The van der Waals surface area contributed by atoms with Gasteiger partial charge in [-0.2, -0.15) is 0 Å². The van der Waals surface area contributed by atoms with Crippen LogP contribution in [0, 0.1) is 0 Å². The van der Waals surface area contributed by atoms with Gasteiger partial charge < -0.3 is 19.7 Å². The van der Waals surface area contributed by atoms with Crippen molar-refractivity contribution in [3.05, 3.63) is 66.5 Å². The number of piperazine rings is 1. The molecule has 1 atom stereocenters. The van der Waals surface area contributed by atoms with Crippen LogP contribution in [0.15, 0.2) is 55.2 Å². The van der Waals surface area contributed by atoms with Crippen LogP contribution in [0.2, 0.25) is 0 Å². The number of aromatic amines is 1. The Labute approximate surface area is 213 Å². The maximum absolute atomic E-state index is 13.3. The molecule has 0 bridgehead atoms. The zero-order chi connectivity index (χ0) is 26.1. The second kappa shape index (κ2) is 9.76. The fraction of sp³-hybridized carbons (Fsp3) is 0.269. The van der Waals surface area contributed by atoms with E-state index in [0.29, 0.717) is 46.9 Å². The summed E-state index contributed by atoms with van der Waals surface area (Å²) in [5.74, 6) is -0.704. The van der Waals surface area contributed by atoms with Crippen molar-refractivity contribution < 1.29 is 14.4 Å². The molecule has 2 amide bonds. The van der Waals surface area contributed by atoms with E-state index in [0.717, 1.165) is 0 Å². The van der Waals surface area contributed by atoms with Gasteiger partial charge in [-0.25, -0.2) is 9.97 Å². The number of carbonyl (C=O) groups excluding carboxylic acids is 3. The first kappa shape index (κ1) is 24.0. The van der Waals surface area contributed by atoms with Gasteiger partial charge in [-0.1, -0.05) is 6.07 Å². The van der Waals surface area contributed by atoms with Crippen LogP contribution >= 0.6 is 0 Å². The lowest BCUT2D eigenvalue weighted by atomic mass is 10.1. The normalized spacial score (nSPS) is 15.6. The average Bonchev–Trinajstić information content (AvgIpc) is 3.36. The van der Waals surface area contributed by atoms with E-state index in [2.05, 4.69) is 24.9 Å². The maximum Gasteiger partial charge on any atom is 0.295 e. The van der Waals surface area contributed by atoms with Crippen molar-refractivity contribution in [1.82, 2.24) is 34.7 Å². The van der Waals surface area contributed by atoms with Crippen LogP contribution < -0.4 is 4.90 Å². The van der Waals surface area contributed by atoms with Crippen LogP contribution in [0.1, 0.15) is 27.8 Å². The fourth-order valence-corrected chi connectivity index (χ4v) is 4.45. The molecule has 0 aromatic carbocycles. The van der Waals surface area contributed by atoms with E-state index in [-0.39, 0.29) is 24.1 Å². The molecule has 0 radical (unpaired) electrons. The number of nitrogens with one attached hydrogen (secondary N) is 1. The van der Waals surface area contributed by atoms with E-state index in [1.165, 1.54) is 11.1 Å². The Morgan fingerprint density at radius 2 is 1.84 bits per heavy atom. The SMILES string of the molecule is C[C@@H]1CN(C(=O)c2ccccn2)CCN1C(=O)C(=O)c1c[nH]c2c(-c3cnc(N(C)C)cn3)nccc12. The number of pyridine rings is 2. The van der Waals surface area contributed by atoms with Gasteiger partial charge in [0.2, 0.25) is 0 Å². The highest BCUT2D eigenvalue weighted by Gasteiger charge is 2.34. The molecule has 1 aliphatic rings. The van der Waals surface area contributed by atoms with Crippen molar-refractivity contribution in [2.45, 2.75) is 13.0 Å². The summed E-state index contributed by atoms with van der Waals surface area (Å²) >= 11 is 0. The maximum atomic E-state index is 13.3. The Morgan fingerprint density at radius 3 is 2.51 bits per heavy atom. The van der Waals surface area contributed by atoms with E-state index in [9.17, 15) is 14.4 Å². The van der Waals surface area contributed by atoms with Crippen molar-refractivity contribution in [2.75, 3.05) is 38.6 Å². The fourth-order valence-electron chi connectivity index (χ4n) is 4.45. The third-order valence-electron chi connectivity index (χ3n) is 6.44. The lowest BCUT2D eigenvalue weighted by Crippen LogP contribution is -2.56. The van der Waals surface area contributed by atoms with Crippen LogP contribution in [-0.2, 0) is 4.79 Å². The number of amides is 2. The number of carbonyl (C=O) groups is 3. The van der Waals surface area contributed by atoms with Gasteiger partial charge in [0.25, 0.3) is 17.6 Å². The zero-order valence-electron chi connectivity index (χ0n) is 20.8. The molecule has 1 aliphatic heterocycles. The second-order valence-corrected chi connectivity index (χ2v) is 9.08. The Hall–Kier alpha value is -4.67. The zero-order valence-corrected chi connectivity index (χ0v) is 20.8. The van der Waals surface area contributed by atoms with Crippen LogP contribution in [0.5, 0.6) is 0 Å². The van der Waals surface area contributed by atoms with Crippen LogP contribution in [0.3, 0.4) is 0 Å². The molecule has 11 nitrogen and oxygen atoms in total. The molecule has 37 heavy (non-hydrogen) atoms. The minimum Gasteiger partial charge on any atom is -0.361 e. The van der Waals surface area contributed by atoms with Crippen LogP contribution in [0.4, 0.5) is 5.82 Å². The van der Waals surface area contributed by atoms with E-state index in [1.807, 2.05) is 25.9 Å². The number of ketones is 1. The average molecular weight is 499 g/mol. The number of hydrogen-bond acceptors (Lipinski definition) is 8.